The molecule has 2 fully saturated rings. The number of ether oxygens (including phenoxy) is 1. The zero-order valence-electron chi connectivity index (χ0n) is 13.2. The molecule has 0 aliphatic heterocycles. The molecule has 2 aliphatic carbocycles. The highest BCUT2D eigenvalue weighted by Gasteiger charge is 2.32. The highest BCUT2D eigenvalue weighted by molar-refractivity contribution is 4.86. The van der Waals surface area contributed by atoms with E-state index in [1.54, 1.807) is 0 Å². The van der Waals surface area contributed by atoms with Gasteiger partial charge in [0.1, 0.15) is 0 Å². The van der Waals surface area contributed by atoms with Crippen LogP contribution >= 0.6 is 0 Å². The van der Waals surface area contributed by atoms with Gasteiger partial charge >= 0.3 is 0 Å². The summed E-state index contributed by atoms with van der Waals surface area (Å²) in [6.07, 6.45) is 10.0. The average molecular weight is 267 g/mol. The molecule has 2 saturated carbocycles. The van der Waals surface area contributed by atoms with Gasteiger partial charge in [-0.25, -0.2) is 0 Å². The van der Waals surface area contributed by atoms with Crippen LogP contribution in [0.3, 0.4) is 0 Å². The van der Waals surface area contributed by atoms with E-state index in [1.165, 1.54) is 44.9 Å². The summed E-state index contributed by atoms with van der Waals surface area (Å²) < 4.78 is 6.27. The SMILES string of the molecule is CCNC1CCC(C(C)C)CC1OCCC1CCC1. The normalized spacial score (nSPS) is 32.5. The standard InChI is InChI=1S/C17H33NO/c1-4-18-16-9-8-15(13(2)3)12-17(16)19-11-10-14-6-5-7-14/h13-18H,4-12H2,1-3H3. The van der Waals surface area contributed by atoms with E-state index in [0.29, 0.717) is 12.1 Å². The first-order chi connectivity index (χ1) is 9.20. The lowest BCUT2D eigenvalue weighted by molar-refractivity contribution is -0.0239. The minimum absolute atomic E-state index is 0.459. The van der Waals surface area contributed by atoms with Crippen molar-refractivity contribution < 1.29 is 4.74 Å². The van der Waals surface area contributed by atoms with Gasteiger partial charge in [0.2, 0.25) is 0 Å². The van der Waals surface area contributed by atoms with Crippen molar-refractivity contribution in [1.29, 1.82) is 0 Å². The molecule has 2 heteroatoms. The summed E-state index contributed by atoms with van der Waals surface area (Å²) in [5.41, 5.74) is 0. The van der Waals surface area contributed by atoms with Gasteiger partial charge in [-0.1, -0.05) is 40.0 Å². The van der Waals surface area contributed by atoms with E-state index in [4.69, 9.17) is 4.74 Å². The second kappa shape index (κ2) is 7.64. The molecule has 1 N–H and O–H groups in total. The van der Waals surface area contributed by atoms with Gasteiger partial charge in [0.25, 0.3) is 0 Å². The largest absolute Gasteiger partial charge is 0.377 e. The lowest BCUT2D eigenvalue weighted by Crippen LogP contribution is -2.46. The zero-order valence-corrected chi connectivity index (χ0v) is 13.2. The fraction of sp³-hybridized carbons (Fsp3) is 1.00. The summed E-state index contributed by atoms with van der Waals surface area (Å²) in [6.45, 7) is 8.99. The van der Waals surface area contributed by atoms with E-state index in [0.717, 1.165) is 30.9 Å². The third kappa shape index (κ3) is 4.46. The fourth-order valence-electron chi connectivity index (χ4n) is 3.61. The second-order valence-corrected chi connectivity index (χ2v) is 6.98. The maximum absolute atomic E-state index is 6.27. The molecule has 2 nitrogen and oxygen atoms in total. The summed E-state index contributed by atoms with van der Waals surface area (Å²) in [6, 6.07) is 0.599. The Hall–Kier alpha value is -0.0800. The van der Waals surface area contributed by atoms with Crippen LogP contribution in [0.25, 0.3) is 0 Å². The molecule has 0 amide bonds. The van der Waals surface area contributed by atoms with Gasteiger partial charge in [0.15, 0.2) is 0 Å². The molecule has 0 heterocycles. The molecule has 0 aromatic heterocycles. The first-order valence-corrected chi connectivity index (χ1v) is 8.55. The Balaban J connectivity index is 1.76. The lowest BCUT2D eigenvalue weighted by Gasteiger charge is -2.38. The fourth-order valence-corrected chi connectivity index (χ4v) is 3.61. The predicted octanol–water partition coefficient (Wildman–Crippen LogP) is 4.00. The van der Waals surface area contributed by atoms with Crippen LogP contribution in [0.15, 0.2) is 0 Å². The van der Waals surface area contributed by atoms with Crippen LogP contribution in [-0.4, -0.2) is 25.3 Å². The predicted molar refractivity (Wildman–Crippen MR) is 81.3 cm³/mol. The topological polar surface area (TPSA) is 21.3 Å². The van der Waals surface area contributed by atoms with E-state index >= 15 is 0 Å². The van der Waals surface area contributed by atoms with E-state index in [9.17, 15) is 0 Å². The van der Waals surface area contributed by atoms with Crippen molar-refractivity contribution in [3.8, 4) is 0 Å². The van der Waals surface area contributed by atoms with Crippen molar-refractivity contribution in [3.05, 3.63) is 0 Å². The quantitative estimate of drug-likeness (QED) is 0.753. The number of hydrogen-bond acceptors (Lipinski definition) is 2. The van der Waals surface area contributed by atoms with E-state index in [1.807, 2.05) is 0 Å². The molecule has 2 rings (SSSR count). The Morgan fingerprint density at radius 2 is 1.95 bits per heavy atom. The Bertz CT molecular complexity index is 250. The molecule has 0 radical (unpaired) electrons. The first-order valence-electron chi connectivity index (χ1n) is 8.55. The molecule has 2 aliphatic rings. The molecule has 0 bridgehead atoms. The van der Waals surface area contributed by atoms with Gasteiger partial charge in [0.05, 0.1) is 6.10 Å². The van der Waals surface area contributed by atoms with Crippen molar-refractivity contribution >= 4 is 0 Å². The lowest BCUT2D eigenvalue weighted by atomic mass is 9.78. The van der Waals surface area contributed by atoms with Crippen LogP contribution in [0.1, 0.15) is 65.7 Å². The number of rotatable bonds is 7. The van der Waals surface area contributed by atoms with Gasteiger partial charge in [-0.2, -0.15) is 0 Å². The van der Waals surface area contributed by atoms with Crippen molar-refractivity contribution in [1.82, 2.24) is 5.32 Å². The third-order valence-corrected chi connectivity index (χ3v) is 5.32. The van der Waals surface area contributed by atoms with Gasteiger partial charge in [-0.05, 0) is 50.0 Å². The zero-order chi connectivity index (χ0) is 13.7. The summed E-state index contributed by atoms with van der Waals surface area (Å²) in [5, 5.41) is 3.64. The minimum Gasteiger partial charge on any atom is -0.377 e. The number of hydrogen-bond donors (Lipinski definition) is 1. The van der Waals surface area contributed by atoms with Gasteiger partial charge < -0.3 is 10.1 Å². The van der Waals surface area contributed by atoms with Crippen molar-refractivity contribution in [2.45, 2.75) is 77.9 Å². The van der Waals surface area contributed by atoms with Gasteiger partial charge in [-0.15, -0.1) is 0 Å². The van der Waals surface area contributed by atoms with Crippen LogP contribution in [0.2, 0.25) is 0 Å². The molecule has 3 atom stereocenters. The minimum atomic E-state index is 0.459. The summed E-state index contributed by atoms with van der Waals surface area (Å²) in [4.78, 5) is 0. The Morgan fingerprint density at radius 3 is 2.53 bits per heavy atom. The highest BCUT2D eigenvalue weighted by atomic mass is 16.5. The molecule has 0 saturated heterocycles. The molecule has 3 unspecified atom stereocenters. The molecular formula is C17H33NO. The monoisotopic (exact) mass is 267 g/mol. The van der Waals surface area contributed by atoms with E-state index < -0.39 is 0 Å². The van der Waals surface area contributed by atoms with Gasteiger partial charge in [-0.3, -0.25) is 0 Å². The number of likely N-dealkylation sites (N-methyl/N-ethyl adjacent to an activating group) is 1. The molecule has 19 heavy (non-hydrogen) atoms. The number of nitrogens with one attached hydrogen (secondary N) is 1. The van der Waals surface area contributed by atoms with E-state index in [-0.39, 0.29) is 0 Å². The average Bonchev–Trinajstić information content (AvgIpc) is 2.34. The van der Waals surface area contributed by atoms with Crippen LogP contribution in [0, 0.1) is 17.8 Å². The van der Waals surface area contributed by atoms with Crippen LogP contribution in [0.4, 0.5) is 0 Å². The Labute approximate surface area is 119 Å². The van der Waals surface area contributed by atoms with Crippen molar-refractivity contribution in [3.63, 3.8) is 0 Å². The smallest absolute Gasteiger partial charge is 0.0730 e. The van der Waals surface area contributed by atoms with Crippen molar-refractivity contribution in [2.75, 3.05) is 13.2 Å². The summed E-state index contributed by atoms with van der Waals surface area (Å²) >= 11 is 0. The Morgan fingerprint density at radius 1 is 1.16 bits per heavy atom. The molecule has 0 aromatic carbocycles. The van der Waals surface area contributed by atoms with E-state index in [2.05, 4.69) is 26.1 Å². The second-order valence-electron chi connectivity index (χ2n) is 6.98. The van der Waals surface area contributed by atoms with Crippen LogP contribution in [-0.2, 0) is 4.74 Å². The molecular weight excluding hydrogens is 234 g/mol. The molecule has 0 spiro atoms. The van der Waals surface area contributed by atoms with Crippen LogP contribution in [0.5, 0.6) is 0 Å². The summed E-state index contributed by atoms with van der Waals surface area (Å²) in [5.74, 6) is 2.64. The highest BCUT2D eigenvalue weighted by Crippen LogP contribution is 2.33. The molecule has 0 aromatic rings. The van der Waals surface area contributed by atoms with Gasteiger partial charge in [0, 0.05) is 12.6 Å². The van der Waals surface area contributed by atoms with Crippen molar-refractivity contribution in [2.24, 2.45) is 17.8 Å². The third-order valence-electron chi connectivity index (χ3n) is 5.32. The maximum atomic E-state index is 6.27. The summed E-state index contributed by atoms with van der Waals surface area (Å²) in [7, 11) is 0. The first kappa shape index (κ1) is 15.3. The molecule has 112 valence electrons. The Kier molecular flexibility index (Phi) is 6.15. The van der Waals surface area contributed by atoms with Crippen LogP contribution < -0.4 is 5.32 Å². The maximum Gasteiger partial charge on any atom is 0.0730 e.